The maximum Gasteiger partial charge on any atom is 0.258 e. The van der Waals surface area contributed by atoms with Crippen LogP contribution in [-0.2, 0) is 12.8 Å². The second kappa shape index (κ2) is 7.24. The van der Waals surface area contributed by atoms with Crippen molar-refractivity contribution in [2.75, 3.05) is 7.11 Å². The second-order valence-electron chi connectivity index (χ2n) is 5.91. The molecule has 0 fully saturated rings. The van der Waals surface area contributed by atoms with Crippen molar-refractivity contribution in [3.63, 3.8) is 0 Å². The Labute approximate surface area is 159 Å². The quantitative estimate of drug-likeness (QED) is 0.537. The second-order valence-corrected chi connectivity index (χ2v) is 6.85. The number of aromatic nitrogens is 5. The number of nitrogens with zero attached hydrogens (tertiary/aromatic N) is 4. The SMILES string of the molecule is COc1ccc(-c2nnc(SCc3nc4ccccc4c(=O)[nH]3)n2C)cc1. The van der Waals surface area contributed by atoms with Gasteiger partial charge in [-0.05, 0) is 36.4 Å². The number of ether oxygens (including phenoxy) is 1. The monoisotopic (exact) mass is 379 g/mol. The Kier molecular flexibility index (Phi) is 4.64. The van der Waals surface area contributed by atoms with Gasteiger partial charge in [-0.2, -0.15) is 0 Å². The molecule has 27 heavy (non-hydrogen) atoms. The molecule has 0 saturated heterocycles. The zero-order chi connectivity index (χ0) is 18.8. The van der Waals surface area contributed by atoms with Crippen LogP contribution >= 0.6 is 11.8 Å². The zero-order valence-electron chi connectivity index (χ0n) is 14.8. The van der Waals surface area contributed by atoms with Crippen LogP contribution in [0.15, 0.2) is 58.5 Å². The Balaban J connectivity index is 1.55. The number of hydrogen-bond acceptors (Lipinski definition) is 6. The summed E-state index contributed by atoms with van der Waals surface area (Å²) in [5.41, 5.74) is 1.51. The van der Waals surface area contributed by atoms with Crippen molar-refractivity contribution in [3.8, 4) is 17.1 Å². The normalized spacial score (nSPS) is 11.0. The zero-order valence-corrected chi connectivity index (χ0v) is 15.7. The van der Waals surface area contributed by atoms with Crippen molar-refractivity contribution in [2.45, 2.75) is 10.9 Å². The van der Waals surface area contributed by atoms with Crippen LogP contribution in [0.4, 0.5) is 0 Å². The molecule has 0 radical (unpaired) electrons. The predicted molar refractivity (Wildman–Crippen MR) is 105 cm³/mol. The van der Waals surface area contributed by atoms with E-state index in [0.29, 0.717) is 22.5 Å². The number of rotatable bonds is 5. The van der Waals surface area contributed by atoms with E-state index in [1.165, 1.54) is 11.8 Å². The van der Waals surface area contributed by atoms with Gasteiger partial charge in [0.1, 0.15) is 11.6 Å². The van der Waals surface area contributed by atoms with E-state index in [-0.39, 0.29) is 5.56 Å². The van der Waals surface area contributed by atoms with Crippen LogP contribution in [-0.4, -0.2) is 31.8 Å². The number of H-pyrrole nitrogens is 1. The van der Waals surface area contributed by atoms with Gasteiger partial charge in [0.25, 0.3) is 5.56 Å². The lowest BCUT2D eigenvalue weighted by Gasteiger charge is -2.05. The molecule has 0 bridgehead atoms. The lowest BCUT2D eigenvalue weighted by molar-refractivity contribution is 0.415. The summed E-state index contributed by atoms with van der Waals surface area (Å²) in [4.78, 5) is 19.5. The Morgan fingerprint density at radius 2 is 1.89 bits per heavy atom. The maximum absolute atomic E-state index is 12.2. The van der Waals surface area contributed by atoms with Gasteiger partial charge in [-0.3, -0.25) is 4.79 Å². The highest BCUT2D eigenvalue weighted by molar-refractivity contribution is 7.98. The first-order valence-corrected chi connectivity index (χ1v) is 9.29. The van der Waals surface area contributed by atoms with Crippen LogP contribution in [0.5, 0.6) is 5.75 Å². The average molecular weight is 379 g/mol. The van der Waals surface area contributed by atoms with Crippen molar-refractivity contribution in [3.05, 3.63) is 64.7 Å². The molecule has 0 aliphatic heterocycles. The molecule has 8 heteroatoms. The molecular weight excluding hydrogens is 362 g/mol. The van der Waals surface area contributed by atoms with Crippen LogP contribution in [0.1, 0.15) is 5.82 Å². The van der Waals surface area contributed by atoms with Crippen LogP contribution in [0, 0.1) is 0 Å². The number of benzene rings is 2. The number of methoxy groups -OCH3 is 1. The largest absolute Gasteiger partial charge is 0.497 e. The van der Waals surface area contributed by atoms with Crippen molar-refractivity contribution in [1.82, 2.24) is 24.7 Å². The molecule has 0 saturated carbocycles. The van der Waals surface area contributed by atoms with Crippen molar-refractivity contribution >= 4 is 22.7 Å². The number of fused-ring (bicyclic) bond motifs is 1. The maximum atomic E-state index is 12.2. The van der Waals surface area contributed by atoms with E-state index in [4.69, 9.17) is 4.74 Å². The summed E-state index contributed by atoms with van der Waals surface area (Å²) >= 11 is 1.47. The smallest absolute Gasteiger partial charge is 0.258 e. The fourth-order valence-corrected chi connectivity index (χ4v) is 3.55. The summed E-state index contributed by atoms with van der Waals surface area (Å²) in [5.74, 6) is 2.66. The molecule has 0 aliphatic rings. The van der Waals surface area contributed by atoms with Crippen molar-refractivity contribution in [1.29, 1.82) is 0 Å². The summed E-state index contributed by atoms with van der Waals surface area (Å²) in [5, 5.41) is 9.88. The molecule has 4 aromatic rings. The first-order valence-electron chi connectivity index (χ1n) is 8.30. The molecule has 136 valence electrons. The van der Waals surface area contributed by atoms with E-state index in [9.17, 15) is 4.79 Å². The summed E-state index contributed by atoms with van der Waals surface area (Å²) in [7, 11) is 3.55. The summed E-state index contributed by atoms with van der Waals surface area (Å²) < 4.78 is 7.11. The van der Waals surface area contributed by atoms with Gasteiger partial charge in [0.15, 0.2) is 11.0 Å². The highest BCUT2D eigenvalue weighted by Gasteiger charge is 2.12. The minimum atomic E-state index is -0.131. The van der Waals surface area contributed by atoms with E-state index in [2.05, 4.69) is 20.2 Å². The molecule has 7 nitrogen and oxygen atoms in total. The number of thioether (sulfide) groups is 1. The molecule has 1 N–H and O–H groups in total. The van der Waals surface area contributed by atoms with Crippen LogP contribution in [0.2, 0.25) is 0 Å². The number of aromatic amines is 1. The van der Waals surface area contributed by atoms with Crippen LogP contribution < -0.4 is 10.3 Å². The summed E-state index contributed by atoms with van der Waals surface area (Å²) in [6.45, 7) is 0. The van der Waals surface area contributed by atoms with Gasteiger partial charge in [0, 0.05) is 12.6 Å². The predicted octanol–water partition coefficient (Wildman–Crippen LogP) is 3.02. The first-order chi connectivity index (χ1) is 13.2. The van der Waals surface area contributed by atoms with E-state index >= 15 is 0 Å². The molecule has 2 aromatic heterocycles. The molecule has 0 spiro atoms. The highest BCUT2D eigenvalue weighted by Crippen LogP contribution is 2.25. The minimum Gasteiger partial charge on any atom is -0.497 e. The highest BCUT2D eigenvalue weighted by atomic mass is 32.2. The van der Waals surface area contributed by atoms with Gasteiger partial charge >= 0.3 is 0 Å². The molecule has 0 unspecified atom stereocenters. The minimum absolute atomic E-state index is 0.131. The van der Waals surface area contributed by atoms with Gasteiger partial charge in [-0.15, -0.1) is 10.2 Å². The van der Waals surface area contributed by atoms with E-state index in [0.717, 1.165) is 22.3 Å². The molecule has 0 atom stereocenters. The number of nitrogens with one attached hydrogen (secondary N) is 1. The Hall–Kier alpha value is -3.13. The fourth-order valence-electron chi connectivity index (χ4n) is 2.77. The van der Waals surface area contributed by atoms with Crippen molar-refractivity contribution in [2.24, 2.45) is 7.05 Å². The number of hydrogen-bond donors (Lipinski definition) is 1. The topological polar surface area (TPSA) is 85.7 Å². The first kappa shape index (κ1) is 17.3. The van der Waals surface area contributed by atoms with Crippen molar-refractivity contribution < 1.29 is 4.74 Å². The Morgan fingerprint density at radius 1 is 1.11 bits per heavy atom. The van der Waals surface area contributed by atoms with Crippen LogP contribution in [0.3, 0.4) is 0 Å². The molecule has 0 aliphatic carbocycles. The third-order valence-electron chi connectivity index (χ3n) is 4.18. The fraction of sp³-hybridized carbons (Fsp3) is 0.158. The van der Waals surface area contributed by atoms with Crippen LogP contribution in [0.25, 0.3) is 22.3 Å². The molecule has 0 amide bonds. The lowest BCUT2D eigenvalue weighted by Crippen LogP contribution is -2.11. The molecular formula is C19H17N5O2S. The van der Waals surface area contributed by atoms with E-state index in [1.54, 1.807) is 13.2 Å². The van der Waals surface area contributed by atoms with Gasteiger partial charge in [-0.25, -0.2) is 4.98 Å². The van der Waals surface area contributed by atoms with Gasteiger partial charge < -0.3 is 14.3 Å². The third-order valence-corrected chi connectivity index (χ3v) is 5.21. The van der Waals surface area contributed by atoms with E-state index < -0.39 is 0 Å². The number of para-hydroxylation sites is 1. The third kappa shape index (κ3) is 3.43. The van der Waals surface area contributed by atoms with Gasteiger partial charge in [0.05, 0.1) is 23.8 Å². The molecule has 2 aromatic carbocycles. The molecule has 2 heterocycles. The van der Waals surface area contributed by atoms with Gasteiger partial charge in [0.2, 0.25) is 0 Å². The Morgan fingerprint density at radius 3 is 2.67 bits per heavy atom. The standard InChI is InChI=1S/C19H17N5O2S/c1-24-17(12-7-9-13(26-2)10-8-12)22-23-19(24)27-11-16-20-15-6-4-3-5-14(15)18(25)21-16/h3-10H,11H2,1-2H3,(H,20,21,25). The van der Waals surface area contributed by atoms with E-state index in [1.807, 2.05) is 54.1 Å². The van der Waals surface area contributed by atoms with Gasteiger partial charge in [-0.1, -0.05) is 23.9 Å². The summed E-state index contributed by atoms with van der Waals surface area (Å²) in [6.07, 6.45) is 0. The summed E-state index contributed by atoms with van der Waals surface area (Å²) in [6, 6.07) is 15.0. The lowest BCUT2D eigenvalue weighted by atomic mass is 10.2. The average Bonchev–Trinajstić information content (AvgIpc) is 3.07. The Bertz CT molecular complexity index is 1150. The molecule has 4 rings (SSSR count).